The summed E-state index contributed by atoms with van der Waals surface area (Å²) >= 11 is 12.0. The van der Waals surface area contributed by atoms with Gasteiger partial charge in [0.05, 0.1) is 11.5 Å². The Hall–Kier alpha value is -0.780. The minimum Gasteiger partial charge on any atom is -0.352 e. The topological polar surface area (TPSA) is 63.2 Å². The van der Waals surface area contributed by atoms with Gasteiger partial charge in [0.25, 0.3) is 0 Å². The number of halogens is 2. The molecule has 1 aromatic carbocycles. The van der Waals surface area contributed by atoms with Crippen molar-refractivity contribution >= 4 is 38.9 Å². The zero-order chi connectivity index (χ0) is 15.2. The maximum atomic E-state index is 12.2. The Morgan fingerprint density at radius 2 is 2.05 bits per heavy atom. The van der Waals surface area contributed by atoms with Gasteiger partial charge in [0, 0.05) is 22.0 Å². The lowest BCUT2D eigenvalue weighted by Crippen LogP contribution is -2.36. The van der Waals surface area contributed by atoms with E-state index in [9.17, 15) is 13.2 Å². The molecule has 1 amide bonds. The summed E-state index contributed by atoms with van der Waals surface area (Å²) in [7, 11) is -2.97. The Labute approximate surface area is 133 Å². The molecule has 0 aromatic heterocycles. The van der Waals surface area contributed by atoms with Crippen LogP contribution in [-0.2, 0) is 14.6 Å². The van der Waals surface area contributed by atoms with Crippen molar-refractivity contribution in [2.45, 2.75) is 24.8 Å². The molecule has 1 heterocycles. The van der Waals surface area contributed by atoms with Crippen LogP contribution in [0.4, 0.5) is 0 Å². The molecule has 4 nitrogen and oxygen atoms in total. The lowest BCUT2D eigenvalue weighted by Gasteiger charge is -2.11. The van der Waals surface area contributed by atoms with Gasteiger partial charge in [-0.3, -0.25) is 4.79 Å². The molecule has 2 aliphatic rings. The second kappa shape index (κ2) is 5.45. The van der Waals surface area contributed by atoms with Crippen molar-refractivity contribution in [2.75, 3.05) is 11.5 Å². The molecule has 1 aliphatic carbocycles. The molecule has 21 heavy (non-hydrogen) atoms. The van der Waals surface area contributed by atoms with E-state index >= 15 is 0 Å². The van der Waals surface area contributed by atoms with E-state index in [1.54, 1.807) is 12.1 Å². The fourth-order valence-electron chi connectivity index (χ4n) is 2.85. The van der Waals surface area contributed by atoms with Gasteiger partial charge in [0.1, 0.15) is 0 Å². The first-order chi connectivity index (χ1) is 9.85. The third kappa shape index (κ3) is 3.35. The predicted octanol–water partition coefficient (Wildman–Crippen LogP) is 2.40. The van der Waals surface area contributed by atoms with Crippen LogP contribution in [0.1, 0.15) is 24.3 Å². The third-order valence-electron chi connectivity index (χ3n) is 4.07. The van der Waals surface area contributed by atoms with Crippen LogP contribution in [-0.4, -0.2) is 31.9 Å². The highest BCUT2D eigenvalue weighted by Gasteiger charge is 2.45. The molecule has 0 radical (unpaired) electrons. The monoisotopic (exact) mass is 347 g/mol. The van der Waals surface area contributed by atoms with Crippen LogP contribution in [0.15, 0.2) is 18.2 Å². The summed E-state index contributed by atoms with van der Waals surface area (Å²) in [6.07, 6.45) is 1.25. The first-order valence-corrected chi connectivity index (χ1v) is 9.39. The average Bonchev–Trinajstić information content (AvgIpc) is 3.09. The van der Waals surface area contributed by atoms with Gasteiger partial charge in [-0.05, 0) is 36.5 Å². The molecule has 1 aliphatic heterocycles. The Morgan fingerprint density at radius 3 is 2.67 bits per heavy atom. The molecule has 1 saturated heterocycles. The van der Waals surface area contributed by atoms with Crippen LogP contribution in [0.3, 0.4) is 0 Å². The lowest BCUT2D eigenvalue weighted by atomic mass is 10.1. The Kier molecular flexibility index (Phi) is 3.93. The summed E-state index contributed by atoms with van der Waals surface area (Å²) in [5, 5.41) is 3.99. The summed E-state index contributed by atoms with van der Waals surface area (Å²) in [5.74, 6) is 0.125. The van der Waals surface area contributed by atoms with Gasteiger partial charge in [-0.1, -0.05) is 29.3 Å². The van der Waals surface area contributed by atoms with E-state index in [-0.39, 0.29) is 35.3 Å². The number of sulfone groups is 1. The SMILES string of the molecule is O=C(N[C@@H]1CCS(=O)(=O)C1)[C@@H]1C[C@H]1c1ccc(Cl)cc1Cl. The van der Waals surface area contributed by atoms with Crippen molar-refractivity contribution in [2.24, 2.45) is 5.92 Å². The number of hydrogen-bond acceptors (Lipinski definition) is 3. The molecule has 0 spiro atoms. The van der Waals surface area contributed by atoms with Crippen molar-refractivity contribution < 1.29 is 13.2 Å². The van der Waals surface area contributed by atoms with Crippen LogP contribution in [0.2, 0.25) is 10.0 Å². The summed E-state index contributed by atoms with van der Waals surface area (Å²) in [6.45, 7) is 0. The van der Waals surface area contributed by atoms with Crippen molar-refractivity contribution in [3.8, 4) is 0 Å². The summed E-state index contributed by atoms with van der Waals surface area (Å²) in [6, 6.07) is 5.04. The number of nitrogens with one attached hydrogen (secondary N) is 1. The van der Waals surface area contributed by atoms with Crippen molar-refractivity contribution in [3.05, 3.63) is 33.8 Å². The van der Waals surface area contributed by atoms with Crippen LogP contribution < -0.4 is 5.32 Å². The van der Waals surface area contributed by atoms with Gasteiger partial charge >= 0.3 is 0 Å². The highest BCUT2D eigenvalue weighted by molar-refractivity contribution is 7.91. The van der Waals surface area contributed by atoms with Crippen LogP contribution >= 0.6 is 23.2 Å². The lowest BCUT2D eigenvalue weighted by molar-refractivity contribution is -0.122. The Bertz CT molecular complexity index is 689. The molecule has 114 valence electrons. The van der Waals surface area contributed by atoms with Crippen molar-refractivity contribution in [1.29, 1.82) is 0 Å². The standard InChI is InChI=1S/C14H15Cl2NO3S/c15-8-1-2-10(13(16)5-8)11-6-12(11)14(18)17-9-3-4-21(19,20)7-9/h1-2,5,9,11-12H,3-4,6-7H2,(H,17,18)/t9-,11+,12-/m1/s1. The van der Waals surface area contributed by atoms with Gasteiger partial charge in [0.2, 0.25) is 5.91 Å². The second-order valence-electron chi connectivity index (χ2n) is 5.72. The summed E-state index contributed by atoms with van der Waals surface area (Å²) < 4.78 is 22.8. The fourth-order valence-corrected chi connectivity index (χ4v) is 5.07. The van der Waals surface area contributed by atoms with Crippen LogP contribution in [0.5, 0.6) is 0 Å². The predicted molar refractivity (Wildman–Crippen MR) is 82.5 cm³/mol. The van der Waals surface area contributed by atoms with Gasteiger partial charge in [-0.15, -0.1) is 0 Å². The average molecular weight is 348 g/mol. The molecule has 1 saturated carbocycles. The first kappa shape index (κ1) is 15.1. The zero-order valence-corrected chi connectivity index (χ0v) is 13.5. The number of carbonyl (C=O) groups is 1. The highest BCUT2D eigenvalue weighted by atomic mass is 35.5. The van der Waals surface area contributed by atoms with E-state index in [4.69, 9.17) is 23.2 Å². The number of carbonyl (C=O) groups excluding carboxylic acids is 1. The zero-order valence-electron chi connectivity index (χ0n) is 11.2. The van der Waals surface area contributed by atoms with Crippen LogP contribution in [0, 0.1) is 5.92 Å². The number of benzene rings is 1. The maximum Gasteiger partial charge on any atom is 0.223 e. The normalized spacial score (nSPS) is 30.1. The van der Waals surface area contributed by atoms with Crippen LogP contribution in [0.25, 0.3) is 0 Å². The van der Waals surface area contributed by atoms with Crippen molar-refractivity contribution in [1.82, 2.24) is 5.32 Å². The molecule has 3 atom stereocenters. The molecule has 2 fully saturated rings. The van der Waals surface area contributed by atoms with Gasteiger partial charge in [0.15, 0.2) is 9.84 Å². The highest BCUT2D eigenvalue weighted by Crippen LogP contribution is 2.50. The molecule has 0 unspecified atom stereocenters. The Balaban J connectivity index is 1.61. The minimum atomic E-state index is -2.97. The molecule has 0 bridgehead atoms. The van der Waals surface area contributed by atoms with Crippen molar-refractivity contribution in [3.63, 3.8) is 0 Å². The number of rotatable bonds is 3. The van der Waals surface area contributed by atoms with E-state index in [0.717, 1.165) is 12.0 Å². The molecule has 7 heteroatoms. The summed E-state index contributed by atoms with van der Waals surface area (Å²) in [4.78, 5) is 12.2. The number of amides is 1. The fraction of sp³-hybridized carbons (Fsp3) is 0.500. The maximum absolute atomic E-state index is 12.2. The summed E-state index contributed by atoms with van der Waals surface area (Å²) in [5.41, 5.74) is 0.931. The first-order valence-electron chi connectivity index (χ1n) is 6.81. The molecular formula is C14H15Cl2NO3S. The van der Waals surface area contributed by atoms with E-state index in [2.05, 4.69) is 5.32 Å². The molecule has 1 aromatic rings. The second-order valence-corrected chi connectivity index (χ2v) is 8.80. The van der Waals surface area contributed by atoms with E-state index < -0.39 is 9.84 Å². The van der Waals surface area contributed by atoms with Gasteiger partial charge in [-0.2, -0.15) is 0 Å². The largest absolute Gasteiger partial charge is 0.352 e. The Morgan fingerprint density at radius 1 is 1.29 bits per heavy atom. The molecule has 1 N–H and O–H groups in total. The molecular weight excluding hydrogens is 333 g/mol. The van der Waals surface area contributed by atoms with Gasteiger partial charge in [-0.25, -0.2) is 8.42 Å². The van der Waals surface area contributed by atoms with E-state index in [1.807, 2.05) is 6.07 Å². The van der Waals surface area contributed by atoms with Gasteiger partial charge < -0.3 is 5.32 Å². The smallest absolute Gasteiger partial charge is 0.223 e. The minimum absolute atomic E-state index is 0.0534. The molecule has 3 rings (SSSR count). The van der Waals surface area contributed by atoms with E-state index in [0.29, 0.717) is 16.5 Å². The quantitative estimate of drug-likeness (QED) is 0.912. The van der Waals surface area contributed by atoms with E-state index in [1.165, 1.54) is 0 Å². The number of hydrogen-bond donors (Lipinski definition) is 1. The third-order valence-corrected chi connectivity index (χ3v) is 6.40.